The van der Waals surface area contributed by atoms with Gasteiger partial charge in [0.05, 0.1) is 24.5 Å². The van der Waals surface area contributed by atoms with Crippen molar-refractivity contribution in [2.24, 2.45) is 0 Å². The van der Waals surface area contributed by atoms with E-state index in [1.807, 2.05) is 46.7 Å². The van der Waals surface area contributed by atoms with Crippen molar-refractivity contribution in [2.75, 3.05) is 20.3 Å². The Kier molecular flexibility index (Phi) is 5.60. The number of carbonyl (C=O) groups excluding carboxylic acids is 1. The maximum absolute atomic E-state index is 13.1. The van der Waals surface area contributed by atoms with E-state index in [9.17, 15) is 4.79 Å². The Morgan fingerprint density at radius 1 is 1.19 bits per heavy atom. The van der Waals surface area contributed by atoms with E-state index >= 15 is 0 Å². The van der Waals surface area contributed by atoms with Crippen LogP contribution in [0.3, 0.4) is 0 Å². The third-order valence-electron chi connectivity index (χ3n) is 5.74. The summed E-state index contributed by atoms with van der Waals surface area (Å²) in [4.78, 5) is 19.5. The van der Waals surface area contributed by atoms with E-state index in [1.165, 1.54) is 0 Å². The Labute approximate surface area is 183 Å². The van der Waals surface area contributed by atoms with Gasteiger partial charge in [-0.2, -0.15) is 5.10 Å². The standard InChI is InChI=1S/C24H30N4O3/c1-16-8-9-19(20(13-16)30-5)31-15-23(29)27-12-6-7-17(27)18-10-11-25-22-14-21(24(2,3)4)26-28(18)22/h8-11,13-14,17H,6-7,12,15H2,1-5H3/t17-/m0/s1. The molecule has 0 spiro atoms. The average molecular weight is 423 g/mol. The highest BCUT2D eigenvalue weighted by atomic mass is 16.5. The van der Waals surface area contributed by atoms with E-state index in [-0.39, 0.29) is 24.0 Å². The molecule has 3 aromatic rings. The molecule has 1 saturated heterocycles. The van der Waals surface area contributed by atoms with E-state index in [0.717, 1.165) is 35.4 Å². The summed E-state index contributed by atoms with van der Waals surface area (Å²) in [6.45, 7) is 9.07. The highest BCUT2D eigenvalue weighted by molar-refractivity contribution is 5.78. The van der Waals surface area contributed by atoms with Gasteiger partial charge in [0.1, 0.15) is 0 Å². The molecular weight excluding hydrogens is 392 g/mol. The molecule has 0 bridgehead atoms. The fourth-order valence-corrected chi connectivity index (χ4v) is 4.02. The third kappa shape index (κ3) is 4.22. The number of benzene rings is 1. The van der Waals surface area contributed by atoms with Crippen molar-refractivity contribution in [3.63, 3.8) is 0 Å². The predicted molar refractivity (Wildman–Crippen MR) is 119 cm³/mol. The normalized spacial score (nSPS) is 16.7. The number of methoxy groups -OCH3 is 1. The molecule has 0 saturated carbocycles. The van der Waals surface area contributed by atoms with Crippen LogP contribution in [0.4, 0.5) is 0 Å². The minimum atomic E-state index is -0.0723. The summed E-state index contributed by atoms with van der Waals surface area (Å²) < 4.78 is 13.1. The SMILES string of the molecule is COc1cc(C)ccc1OCC(=O)N1CCC[C@H]1c1ccnc2cc(C(C)(C)C)nn12. The van der Waals surface area contributed by atoms with E-state index in [0.29, 0.717) is 18.0 Å². The first-order valence-electron chi connectivity index (χ1n) is 10.7. The summed E-state index contributed by atoms with van der Waals surface area (Å²) >= 11 is 0. The maximum atomic E-state index is 13.1. The topological polar surface area (TPSA) is 69.0 Å². The number of hydrogen-bond donors (Lipinski definition) is 0. The lowest BCUT2D eigenvalue weighted by Gasteiger charge is -2.25. The average Bonchev–Trinajstić information content (AvgIpc) is 3.39. The van der Waals surface area contributed by atoms with Crippen LogP contribution in [0.2, 0.25) is 0 Å². The fraction of sp³-hybridized carbons (Fsp3) is 0.458. The summed E-state index contributed by atoms with van der Waals surface area (Å²) in [6.07, 6.45) is 3.64. The minimum Gasteiger partial charge on any atom is -0.493 e. The second-order valence-corrected chi connectivity index (χ2v) is 9.11. The Bertz CT molecular complexity index is 1100. The van der Waals surface area contributed by atoms with Crippen LogP contribution in [-0.2, 0) is 10.2 Å². The number of ether oxygens (including phenoxy) is 2. The van der Waals surface area contributed by atoms with Crippen LogP contribution in [0.25, 0.3) is 5.65 Å². The first kappa shape index (κ1) is 21.2. The molecule has 0 N–H and O–H groups in total. The van der Waals surface area contributed by atoms with Crippen LogP contribution in [-0.4, -0.2) is 45.7 Å². The van der Waals surface area contributed by atoms with Gasteiger partial charge in [-0.3, -0.25) is 4.79 Å². The number of hydrogen-bond acceptors (Lipinski definition) is 5. The van der Waals surface area contributed by atoms with Crippen LogP contribution in [0.5, 0.6) is 11.5 Å². The molecule has 1 aliphatic rings. The lowest BCUT2D eigenvalue weighted by molar-refractivity contribution is -0.134. The van der Waals surface area contributed by atoms with Crippen LogP contribution in [0, 0.1) is 6.92 Å². The molecular formula is C24H30N4O3. The number of aromatic nitrogens is 3. The zero-order chi connectivity index (χ0) is 22.2. The van der Waals surface area contributed by atoms with Gasteiger partial charge >= 0.3 is 0 Å². The Balaban J connectivity index is 1.55. The molecule has 31 heavy (non-hydrogen) atoms. The van der Waals surface area contributed by atoms with Gasteiger partial charge in [-0.1, -0.05) is 26.8 Å². The molecule has 1 amide bonds. The van der Waals surface area contributed by atoms with E-state index < -0.39 is 0 Å². The molecule has 164 valence electrons. The van der Waals surface area contributed by atoms with Crippen molar-refractivity contribution >= 4 is 11.6 Å². The van der Waals surface area contributed by atoms with E-state index in [4.69, 9.17) is 14.6 Å². The number of nitrogens with zero attached hydrogens (tertiary/aromatic N) is 4. The van der Waals surface area contributed by atoms with Crippen LogP contribution >= 0.6 is 0 Å². The molecule has 0 aliphatic carbocycles. The number of carbonyl (C=O) groups is 1. The van der Waals surface area contributed by atoms with E-state index in [2.05, 4.69) is 25.8 Å². The monoisotopic (exact) mass is 422 g/mol. The van der Waals surface area contributed by atoms with Gasteiger partial charge in [0.15, 0.2) is 23.8 Å². The molecule has 1 atom stereocenters. The van der Waals surface area contributed by atoms with Crippen LogP contribution < -0.4 is 9.47 Å². The summed E-state index contributed by atoms with van der Waals surface area (Å²) in [5, 5.41) is 4.82. The van der Waals surface area contributed by atoms with Gasteiger partial charge in [-0.15, -0.1) is 0 Å². The number of fused-ring (bicyclic) bond motifs is 1. The molecule has 1 aromatic carbocycles. The van der Waals surface area contributed by atoms with E-state index in [1.54, 1.807) is 13.3 Å². The van der Waals surface area contributed by atoms with Gasteiger partial charge in [0.2, 0.25) is 0 Å². The zero-order valence-electron chi connectivity index (χ0n) is 18.9. The minimum absolute atomic E-state index is 0.0313. The molecule has 1 aliphatic heterocycles. The molecule has 3 heterocycles. The zero-order valence-corrected chi connectivity index (χ0v) is 18.9. The molecule has 0 radical (unpaired) electrons. The Morgan fingerprint density at radius 2 is 2.00 bits per heavy atom. The van der Waals surface area contributed by atoms with Gasteiger partial charge in [0.25, 0.3) is 5.91 Å². The molecule has 0 unspecified atom stereocenters. The predicted octanol–water partition coefficient (Wildman–Crippen LogP) is 4.09. The summed E-state index contributed by atoms with van der Waals surface area (Å²) in [7, 11) is 1.60. The smallest absolute Gasteiger partial charge is 0.261 e. The molecule has 7 nitrogen and oxygen atoms in total. The number of amides is 1. The maximum Gasteiger partial charge on any atom is 0.261 e. The van der Waals surface area contributed by atoms with Crippen molar-refractivity contribution in [1.29, 1.82) is 0 Å². The third-order valence-corrected chi connectivity index (χ3v) is 5.74. The first-order chi connectivity index (χ1) is 14.8. The molecule has 2 aromatic heterocycles. The molecule has 1 fully saturated rings. The lowest BCUT2D eigenvalue weighted by Crippen LogP contribution is -2.35. The second kappa shape index (κ2) is 8.21. The largest absolute Gasteiger partial charge is 0.493 e. The molecule has 4 rings (SSSR count). The quantitative estimate of drug-likeness (QED) is 0.620. The summed E-state index contributed by atoms with van der Waals surface area (Å²) in [5.74, 6) is 1.16. The fourth-order valence-electron chi connectivity index (χ4n) is 4.02. The first-order valence-corrected chi connectivity index (χ1v) is 10.7. The van der Waals surface area contributed by atoms with Gasteiger partial charge in [0, 0.05) is 24.2 Å². The van der Waals surface area contributed by atoms with Crippen molar-refractivity contribution in [2.45, 2.75) is 52.0 Å². The van der Waals surface area contributed by atoms with Gasteiger partial charge in [-0.05, 0) is 43.5 Å². The van der Waals surface area contributed by atoms with Crippen molar-refractivity contribution in [1.82, 2.24) is 19.5 Å². The summed E-state index contributed by atoms with van der Waals surface area (Å²) in [6, 6.07) is 9.63. The van der Waals surface area contributed by atoms with Crippen molar-refractivity contribution < 1.29 is 14.3 Å². The van der Waals surface area contributed by atoms with Crippen molar-refractivity contribution in [3.8, 4) is 11.5 Å². The van der Waals surface area contributed by atoms with Gasteiger partial charge < -0.3 is 14.4 Å². The highest BCUT2D eigenvalue weighted by Gasteiger charge is 2.32. The lowest BCUT2D eigenvalue weighted by atomic mass is 9.93. The van der Waals surface area contributed by atoms with Crippen molar-refractivity contribution in [3.05, 3.63) is 53.5 Å². The number of likely N-dealkylation sites (tertiary alicyclic amines) is 1. The highest BCUT2D eigenvalue weighted by Crippen LogP contribution is 2.33. The Hall–Kier alpha value is -3.09. The van der Waals surface area contributed by atoms with Gasteiger partial charge in [-0.25, -0.2) is 9.50 Å². The van der Waals surface area contributed by atoms with Crippen LogP contribution in [0.1, 0.15) is 56.6 Å². The molecule has 7 heteroatoms. The number of aryl methyl sites for hydroxylation is 1. The second-order valence-electron chi connectivity index (χ2n) is 9.11. The Morgan fingerprint density at radius 3 is 2.74 bits per heavy atom. The van der Waals surface area contributed by atoms with Crippen LogP contribution in [0.15, 0.2) is 36.5 Å². The number of rotatable bonds is 5. The summed E-state index contributed by atoms with van der Waals surface area (Å²) in [5.41, 5.74) is 3.78.